The van der Waals surface area contributed by atoms with Crippen LogP contribution in [0.3, 0.4) is 0 Å². The van der Waals surface area contributed by atoms with E-state index in [-0.39, 0.29) is 18.6 Å². The maximum absolute atomic E-state index is 11.9. The van der Waals surface area contributed by atoms with Gasteiger partial charge in [-0.15, -0.1) is 0 Å². The van der Waals surface area contributed by atoms with Gasteiger partial charge in [-0.05, 0) is 50.1 Å². The van der Waals surface area contributed by atoms with Crippen LogP contribution in [0, 0.1) is 0 Å². The third kappa shape index (κ3) is 2.94. The normalized spacial score (nSPS) is 11.2. The minimum atomic E-state index is -0.171. The molecule has 2 aromatic rings. The first-order chi connectivity index (χ1) is 9.54. The summed E-state index contributed by atoms with van der Waals surface area (Å²) in [5.74, 6) is -0.171. The molecule has 6 heteroatoms. The number of carbonyl (C=O) groups is 1. The molecule has 0 unspecified atom stereocenters. The third-order valence-corrected chi connectivity index (χ3v) is 3.31. The smallest absolute Gasteiger partial charge is 0.251 e. The van der Waals surface area contributed by atoms with Gasteiger partial charge >= 0.3 is 0 Å². The van der Waals surface area contributed by atoms with Crippen LogP contribution in [0.2, 0.25) is 5.28 Å². The van der Waals surface area contributed by atoms with E-state index in [2.05, 4.69) is 10.3 Å². The lowest BCUT2D eigenvalue weighted by molar-refractivity contribution is 0.0951. The van der Waals surface area contributed by atoms with E-state index >= 15 is 0 Å². The fourth-order valence-corrected chi connectivity index (χ4v) is 2.46. The zero-order valence-corrected chi connectivity index (χ0v) is 12.3. The molecule has 108 valence electrons. The van der Waals surface area contributed by atoms with Crippen molar-refractivity contribution >= 4 is 28.5 Å². The minimum absolute atomic E-state index is 0.0632. The van der Waals surface area contributed by atoms with Crippen LogP contribution in [0.15, 0.2) is 18.2 Å². The summed E-state index contributed by atoms with van der Waals surface area (Å²) in [7, 11) is 0. The fraction of sp³-hybridized carbons (Fsp3) is 0.429. The second kappa shape index (κ2) is 6.24. The van der Waals surface area contributed by atoms with Crippen LogP contribution >= 0.6 is 11.6 Å². The number of aliphatic hydroxyl groups excluding tert-OH is 1. The maximum atomic E-state index is 11.9. The van der Waals surface area contributed by atoms with E-state index in [0.29, 0.717) is 29.3 Å². The number of fused-ring (bicyclic) bond motifs is 1. The van der Waals surface area contributed by atoms with Gasteiger partial charge in [0.05, 0.1) is 11.0 Å². The molecule has 0 radical (unpaired) electrons. The van der Waals surface area contributed by atoms with Crippen LogP contribution < -0.4 is 5.32 Å². The number of nitrogens with zero attached hydrogens (tertiary/aromatic N) is 2. The lowest BCUT2D eigenvalue weighted by Crippen LogP contribution is -2.24. The van der Waals surface area contributed by atoms with Gasteiger partial charge in [0.1, 0.15) is 0 Å². The van der Waals surface area contributed by atoms with Crippen molar-refractivity contribution in [2.24, 2.45) is 0 Å². The van der Waals surface area contributed by atoms with Crippen LogP contribution in [-0.2, 0) is 0 Å². The molecule has 2 rings (SSSR count). The number of hydrogen-bond acceptors (Lipinski definition) is 3. The Kier molecular flexibility index (Phi) is 4.62. The van der Waals surface area contributed by atoms with Crippen molar-refractivity contribution in [2.45, 2.75) is 26.3 Å². The Labute approximate surface area is 122 Å². The summed E-state index contributed by atoms with van der Waals surface area (Å²) in [5, 5.41) is 11.9. The molecule has 1 aromatic carbocycles. The molecule has 0 aliphatic heterocycles. The van der Waals surface area contributed by atoms with Crippen LogP contribution in [0.4, 0.5) is 0 Å². The van der Waals surface area contributed by atoms with Crippen molar-refractivity contribution in [1.82, 2.24) is 14.9 Å². The average molecular weight is 296 g/mol. The lowest BCUT2D eigenvalue weighted by Gasteiger charge is -2.09. The molecule has 0 bridgehead atoms. The standard InChI is InChI=1S/C14H18ClN3O2/c1-9(2)18-12-5-4-10(8-11(12)17-14(18)15)13(20)16-6-3-7-19/h4-5,8-9,19H,3,6-7H2,1-2H3,(H,16,20). The second-order valence-corrected chi connectivity index (χ2v) is 5.22. The molecular weight excluding hydrogens is 278 g/mol. The van der Waals surface area contributed by atoms with Crippen molar-refractivity contribution in [3.63, 3.8) is 0 Å². The number of nitrogens with one attached hydrogen (secondary N) is 1. The first kappa shape index (κ1) is 14.8. The Morgan fingerprint density at radius 1 is 1.50 bits per heavy atom. The van der Waals surface area contributed by atoms with Crippen molar-refractivity contribution in [2.75, 3.05) is 13.2 Å². The largest absolute Gasteiger partial charge is 0.396 e. The van der Waals surface area contributed by atoms with Gasteiger partial charge in [-0.2, -0.15) is 0 Å². The van der Waals surface area contributed by atoms with Crippen LogP contribution in [0.1, 0.15) is 36.7 Å². The van der Waals surface area contributed by atoms with E-state index in [9.17, 15) is 4.79 Å². The highest BCUT2D eigenvalue weighted by Crippen LogP contribution is 2.24. The number of halogens is 1. The topological polar surface area (TPSA) is 67.2 Å². The number of amides is 1. The molecule has 0 fully saturated rings. The zero-order chi connectivity index (χ0) is 14.7. The molecule has 0 saturated heterocycles. The van der Waals surface area contributed by atoms with E-state index in [0.717, 1.165) is 5.52 Å². The van der Waals surface area contributed by atoms with Gasteiger partial charge in [-0.25, -0.2) is 4.98 Å². The van der Waals surface area contributed by atoms with E-state index < -0.39 is 0 Å². The Balaban J connectivity index is 2.28. The number of imidazole rings is 1. The number of hydrogen-bond donors (Lipinski definition) is 2. The summed E-state index contributed by atoms with van der Waals surface area (Å²) in [5.41, 5.74) is 2.16. The number of benzene rings is 1. The number of rotatable bonds is 5. The Hall–Kier alpha value is -1.59. The van der Waals surface area contributed by atoms with Crippen molar-refractivity contribution in [1.29, 1.82) is 0 Å². The first-order valence-electron chi connectivity index (χ1n) is 6.61. The van der Waals surface area contributed by atoms with Gasteiger partial charge in [0.15, 0.2) is 0 Å². The fourth-order valence-electron chi connectivity index (χ4n) is 2.08. The third-order valence-electron chi connectivity index (χ3n) is 3.05. The predicted octanol–water partition coefficient (Wildman–Crippen LogP) is 2.38. The summed E-state index contributed by atoms with van der Waals surface area (Å²) in [6, 6.07) is 5.55. The molecule has 0 atom stereocenters. The number of carbonyl (C=O) groups excluding carboxylic acids is 1. The molecular formula is C14H18ClN3O2. The van der Waals surface area contributed by atoms with Crippen molar-refractivity contribution in [3.05, 3.63) is 29.0 Å². The molecule has 0 spiro atoms. The summed E-state index contributed by atoms with van der Waals surface area (Å²) in [4.78, 5) is 16.2. The average Bonchev–Trinajstić information content (AvgIpc) is 2.73. The Bertz CT molecular complexity index is 622. The number of aliphatic hydroxyl groups is 1. The van der Waals surface area contributed by atoms with Crippen LogP contribution in [-0.4, -0.2) is 33.7 Å². The molecule has 0 aliphatic carbocycles. The van der Waals surface area contributed by atoms with Crippen molar-refractivity contribution < 1.29 is 9.90 Å². The molecule has 5 nitrogen and oxygen atoms in total. The molecule has 1 heterocycles. The van der Waals surface area contributed by atoms with Crippen LogP contribution in [0.5, 0.6) is 0 Å². The molecule has 1 amide bonds. The van der Waals surface area contributed by atoms with Gasteiger partial charge in [-0.1, -0.05) is 0 Å². The van der Waals surface area contributed by atoms with E-state index in [1.165, 1.54) is 0 Å². The highest BCUT2D eigenvalue weighted by Gasteiger charge is 2.13. The van der Waals surface area contributed by atoms with Gasteiger partial charge in [0, 0.05) is 24.8 Å². The second-order valence-electron chi connectivity index (χ2n) is 4.88. The van der Waals surface area contributed by atoms with E-state index in [1.807, 2.05) is 24.5 Å². The van der Waals surface area contributed by atoms with Gasteiger partial charge in [-0.3, -0.25) is 4.79 Å². The zero-order valence-electron chi connectivity index (χ0n) is 11.6. The SMILES string of the molecule is CC(C)n1c(Cl)nc2cc(C(=O)NCCCO)ccc21. The van der Waals surface area contributed by atoms with Gasteiger partial charge in [0.25, 0.3) is 5.91 Å². The summed E-state index contributed by atoms with van der Waals surface area (Å²) in [6.45, 7) is 4.58. The van der Waals surface area contributed by atoms with Gasteiger partial charge < -0.3 is 15.0 Å². The predicted molar refractivity (Wildman–Crippen MR) is 79.2 cm³/mol. The highest BCUT2D eigenvalue weighted by atomic mass is 35.5. The highest BCUT2D eigenvalue weighted by molar-refractivity contribution is 6.29. The Morgan fingerprint density at radius 2 is 2.25 bits per heavy atom. The van der Waals surface area contributed by atoms with E-state index in [1.54, 1.807) is 12.1 Å². The minimum Gasteiger partial charge on any atom is -0.396 e. The monoisotopic (exact) mass is 295 g/mol. The van der Waals surface area contributed by atoms with Crippen LogP contribution in [0.25, 0.3) is 11.0 Å². The first-order valence-corrected chi connectivity index (χ1v) is 6.99. The van der Waals surface area contributed by atoms with Gasteiger partial charge in [0.2, 0.25) is 5.28 Å². The molecule has 20 heavy (non-hydrogen) atoms. The molecule has 0 saturated carbocycles. The summed E-state index contributed by atoms with van der Waals surface area (Å²) < 4.78 is 1.92. The van der Waals surface area contributed by atoms with Crippen molar-refractivity contribution in [3.8, 4) is 0 Å². The molecule has 0 aliphatic rings. The Morgan fingerprint density at radius 3 is 2.90 bits per heavy atom. The summed E-state index contributed by atoms with van der Waals surface area (Å²) >= 11 is 6.12. The maximum Gasteiger partial charge on any atom is 0.251 e. The molecule has 2 N–H and O–H groups in total. The lowest BCUT2D eigenvalue weighted by atomic mass is 10.2. The summed E-state index contributed by atoms with van der Waals surface area (Å²) in [6.07, 6.45) is 0.543. The van der Waals surface area contributed by atoms with E-state index in [4.69, 9.17) is 16.7 Å². The quantitative estimate of drug-likeness (QED) is 0.832. The molecule has 1 aromatic heterocycles. The number of aromatic nitrogens is 2.